The Kier molecular flexibility index (Phi) is 5.61. The number of hydrogen-bond donors (Lipinski definition) is 1. The molecular weight excluding hydrogens is 326 g/mol. The van der Waals surface area contributed by atoms with Crippen LogP contribution in [0.15, 0.2) is 42.5 Å². The lowest BCUT2D eigenvalue weighted by atomic mass is 10.3. The van der Waals surface area contributed by atoms with Crippen LogP contribution in [-0.2, 0) is 4.74 Å². The zero-order valence-corrected chi connectivity index (χ0v) is 12.2. The molecule has 0 aliphatic rings. The van der Waals surface area contributed by atoms with Crippen LogP contribution in [0.5, 0.6) is 5.75 Å². The number of hydrogen-bond acceptors (Lipinski definition) is 5. The Morgan fingerprint density at radius 2 is 1.83 bits per heavy atom. The maximum Gasteiger partial charge on any atom is 0.411 e. The van der Waals surface area contributed by atoms with E-state index in [-0.39, 0.29) is 24.6 Å². The SMILES string of the molecule is O=C(Nc1ccc(F)cc1F)OCCOc1ccc([N+](=O)[O-])cc1. The molecule has 0 aromatic heterocycles. The predicted molar refractivity (Wildman–Crippen MR) is 79.9 cm³/mol. The number of carbonyl (C=O) groups is 1. The van der Waals surface area contributed by atoms with Crippen LogP contribution in [0.3, 0.4) is 0 Å². The summed E-state index contributed by atoms with van der Waals surface area (Å²) in [6.45, 7) is -0.136. The molecule has 0 heterocycles. The fourth-order valence-electron chi connectivity index (χ4n) is 1.69. The third kappa shape index (κ3) is 4.90. The van der Waals surface area contributed by atoms with Gasteiger partial charge in [-0.05, 0) is 24.3 Å². The molecular formula is C15H12F2N2O5. The normalized spacial score (nSPS) is 10.1. The maximum absolute atomic E-state index is 13.3. The first-order valence-corrected chi connectivity index (χ1v) is 6.72. The Morgan fingerprint density at radius 3 is 2.46 bits per heavy atom. The fourth-order valence-corrected chi connectivity index (χ4v) is 1.69. The van der Waals surface area contributed by atoms with Crippen LogP contribution in [-0.4, -0.2) is 24.2 Å². The molecule has 0 saturated carbocycles. The molecule has 1 N–H and O–H groups in total. The van der Waals surface area contributed by atoms with Crippen LogP contribution in [0.1, 0.15) is 0 Å². The number of halogens is 2. The Balaban J connectivity index is 1.73. The second-order valence-electron chi connectivity index (χ2n) is 4.48. The molecule has 1 amide bonds. The zero-order valence-electron chi connectivity index (χ0n) is 12.2. The van der Waals surface area contributed by atoms with Gasteiger partial charge in [0.25, 0.3) is 5.69 Å². The number of nitro benzene ring substituents is 1. The van der Waals surface area contributed by atoms with Crippen molar-refractivity contribution in [3.05, 3.63) is 64.2 Å². The molecule has 0 aliphatic carbocycles. The predicted octanol–water partition coefficient (Wildman–Crippen LogP) is 3.50. The van der Waals surface area contributed by atoms with Gasteiger partial charge in [-0.15, -0.1) is 0 Å². The smallest absolute Gasteiger partial charge is 0.411 e. The molecule has 126 valence electrons. The average Bonchev–Trinajstić information content (AvgIpc) is 2.55. The second kappa shape index (κ2) is 7.86. The molecule has 2 rings (SSSR count). The van der Waals surface area contributed by atoms with Gasteiger partial charge < -0.3 is 9.47 Å². The van der Waals surface area contributed by atoms with Gasteiger partial charge in [0.15, 0.2) is 0 Å². The van der Waals surface area contributed by atoms with Gasteiger partial charge in [-0.3, -0.25) is 15.4 Å². The number of nitro groups is 1. The highest BCUT2D eigenvalue weighted by atomic mass is 19.1. The van der Waals surface area contributed by atoms with Gasteiger partial charge in [0.1, 0.15) is 30.6 Å². The van der Waals surface area contributed by atoms with Gasteiger partial charge >= 0.3 is 6.09 Å². The van der Waals surface area contributed by atoms with Crippen molar-refractivity contribution in [2.75, 3.05) is 18.5 Å². The Labute approximate surface area is 135 Å². The third-order valence-corrected chi connectivity index (χ3v) is 2.80. The van der Waals surface area contributed by atoms with E-state index in [4.69, 9.17) is 9.47 Å². The molecule has 7 nitrogen and oxygen atoms in total. The fraction of sp³-hybridized carbons (Fsp3) is 0.133. The molecule has 2 aromatic carbocycles. The van der Waals surface area contributed by atoms with Crippen LogP contribution in [0.4, 0.5) is 25.0 Å². The number of nitrogens with zero attached hydrogens (tertiary/aromatic N) is 1. The Bertz CT molecular complexity index is 737. The summed E-state index contributed by atoms with van der Waals surface area (Å²) in [5.41, 5.74) is -0.281. The van der Waals surface area contributed by atoms with Crippen molar-refractivity contribution in [1.29, 1.82) is 0 Å². The molecule has 2 aromatic rings. The van der Waals surface area contributed by atoms with E-state index < -0.39 is 22.7 Å². The van der Waals surface area contributed by atoms with E-state index in [1.165, 1.54) is 24.3 Å². The van der Waals surface area contributed by atoms with Crippen LogP contribution in [0.25, 0.3) is 0 Å². The van der Waals surface area contributed by atoms with E-state index in [0.29, 0.717) is 11.8 Å². The van der Waals surface area contributed by atoms with E-state index in [0.717, 1.165) is 12.1 Å². The first kappa shape index (κ1) is 17.1. The van der Waals surface area contributed by atoms with Crippen LogP contribution in [0, 0.1) is 21.7 Å². The van der Waals surface area contributed by atoms with Crippen molar-refractivity contribution in [2.24, 2.45) is 0 Å². The molecule has 0 bridgehead atoms. The summed E-state index contributed by atoms with van der Waals surface area (Å²) < 4.78 is 36.1. The lowest BCUT2D eigenvalue weighted by Crippen LogP contribution is -2.18. The Morgan fingerprint density at radius 1 is 1.12 bits per heavy atom. The minimum atomic E-state index is -0.923. The molecule has 0 radical (unpaired) electrons. The number of benzene rings is 2. The molecule has 0 unspecified atom stereocenters. The van der Waals surface area contributed by atoms with Crippen molar-refractivity contribution in [3.63, 3.8) is 0 Å². The van der Waals surface area contributed by atoms with Crippen molar-refractivity contribution < 1.29 is 28.0 Å². The summed E-state index contributed by atoms with van der Waals surface area (Å²) in [4.78, 5) is 21.4. The monoisotopic (exact) mass is 338 g/mol. The highest BCUT2D eigenvalue weighted by Crippen LogP contribution is 2.17. The van der Waals surface area contributed by atoms with Gasteiger partial charge in [-0.25, -0.2) is 13.6 Å². The summed E-state index contributed by atoms with van der Waals surface area (Å²) in [5, 5.41) is 12.6. The Hall–Kier alpha value is -3.23. The highest BCUT2D eigenvalue weighted by molar-refractivity contribution is 5.84. The van der Waals surface area contributed by atoms with Gasteiger partial charge in [-0.1, -0.05) is 0 Å². The number of carbonyl (C=O) groups excluding carboxylic acids is 1. The summed E-state index contributed by atoms with van der Waals surface area (Å²) in [5.74, 6) is -1.31. The summed E-state index contributed by atoms with van der Waals surface area (Å²) in [6.07, 6.45) is -0.923. The molecule has 9 heteroatoms. The first-order valence-electron chi connectivity index (χ1n) is 6.72. The number of ether oxygens (including phenoxy) is 2. The van der Waals surface area contributed by atoms with Gasteiger partial charge in [-0.2, -0.15) is 0 Å². The number of non-ortho nitro benzene ring substituents is 1. The van der Waals surface area contributed by atoms with Gasteiger partial charge in [0.05, 0.1) is 10.6 Å². The maximum atomic E-state index is 13.3. The van der Waals surface area contributed by atoms with Crippen molar-refractivity contribution in [1.82, 2.24) is 0 Å². The summed E-state index contributed by atoms with van der Waals surface area (Å²) in [7, 11) is 0. The summed E-state index contributed by atoms with van der Waals surface area (Å²) in [6, 6.07) is 8.07. The lowest BCUT2D eigenvalue weighted by Gasteiger charge is -2.09. The highest BCUT2D eigenvalue weighted by Gasteiger charge is 2.09. The zero-order chi connectivity index (χ0) is 17.5. The van der Waals surface area contributed by atoms with E-state index in [1.807, 2.05) is 0 Å². The third-order valence-electron chi connectivity index (χ3n) is 2.80. The van der Waals surface area contributed by atoms with E-state index in [9.17, 15) is 23.7 Å². The number of rotatable bonds is 6. The quantitative estimate of drug-likeness (QED) is 0.494. The second-order valence-corrected chi connectivity index (χ2v) is 4.48. The molecule has 0 fully saturated rings. The first-order chi connectivity index (χ1) is 11.5. The minimum absolute atomic E-state index is 0.00285. The number of amides is 1. The number of nitrogens with one attached hydrogen (secondary N) is 1. The largest absolute Gasteiger partial charge is 0.490 e. The molecule has 0 saturated heterocycles. The molecule has 24 heavy (non-hydrogen) atoms. The minimum Gasteiger partial charge on any atom is -0.490 e. The average molecular weight is 338 g/mol. The van der Waals surface area contributed by atoms with Crippen molar-refractivity contribution >= 4 is 17.5 Å². The molecule has 0 spiro atoms. The molecule has 0 atom stereocenters. The van der Waals surface area contributed by atoms with Crippen LogP contribution < -0.4 is 10.1 Å². The summed E-state index contributed by atoms with van der Waals surface area (Å²) >= 11 is 0. The van der Waals surface area contributed by atoms with Gasteiger partial charge in [0, 0.05) is 18.2 Å². The van der Waals surface area contributed by atoms with E-state index in [2.05, 4.69) is 5.32 Å². The van der Waals surface area contributed by atoms with Crippen molar-refractivity contribution in [3.8, 4) is 5.75 Å². The van der Waals surface area contributed by atoms with E-state index >= 15 is 0 Å². The van der Waals surface area contributed by atoms with Crippen LogP contribution >= 0.6 is 0 Å². The van der Waals surface area contributed by atoms with E-state index in [1.54, 1.807) is 0 Å². The van der Waals surface area contributed by atoms with Crippen LogP contribution in [0.2, 0.25) is 0 Å². The number of anilines is 1. The molecule has 0 aliphatic heterocycles. The standard InChI is InChI=1S/C15H12F2N2O5/c16-10-1-6-14(13(17)9-10)18-15(20)24-8-7-23-12-4-2-11(3-5-12)19(21)22/h1-6,9H,7-8H2,(H,18,20). The van der Waals surface area contributed by atoms with Crippen molar-refractivity contribution in [2.45, 2.75) is 0 Å². The lowest BCUT2D eigenvalue weighted by molar-refractivity contribution is -0.384. The van der Waals surface area contributed by atoms with Gasteiger partial charge in [0.2, 0.25) is 0 Å². The topological polar surface area (TPSA) is 90.7 Å².